The van der Waals surface area contributed by atoms with Gasteiger partial charge in [0, 0.05) is 21.5 Å². The van der Waals surface area contributed by atoms with Crippen molar-refractivity contribution in [1.29, 1.82) is 0 Å². The second-order valence-electron chi connectivity index (χ2n) is 3.05. The Kier molecular flexibility index (Phi) is 2.22. The molecule has 2 aromatic carbocycles. The van der Waals surface area contributed by atoms with E-state index in [4.69, 9.17) is 22.1 Å². The molecule has 2 nitrogen and oxygen atoms in total. The highest BCUT2D eigenvalue weighted by Gasteiger charge is 2.04. The molecule has 2 N–H and O–H groups in total. The Labute approximate surface area is 87.2 Å². The monoisotopic (exact) mass is 207 g/mol. The molecule has 0 unspecified atom stereocenters. The Hall–Kier alpha value is -1.41. The van der Waals surface area contributed by atoms with Crippen LogP contribution in [0.5, 0.6) is 5.75 Å². The van der Waals surface area contributed by atoms with E-state index in [1.54, 1.807) is 7.11 Å². The van der Waals surface area contributed by atoms with E-state index in [0.29, 0.717) is 10.7 Å². The Morgan fingerprint density at radius 2 is 1.93 bits per heavy atom. The summed E-state index contributed by atoms with van der Waals surface area (Å²) in [7, 11) is 1.64. The largest absolute Gasteiger partial charge is 0.496 e. The summed E-state index contributed by atoms with van der Waals surface area (Å²) in [5.41, 5.74) is 6.55. The molecule has 0 saturated carbocycles. The average Bonchev–Trinajstić information content (AvgIpc) is 2.19. The quantitative estimate of drug-likeness (QED) is 0.730. The molecule has 0 saturated heterocycles. The standard InChI is InChI=1S/C11H10ClNO/c1-14-11-5-4-10(13)9-6-7(12)2-3-8(9)11/h2-6H,13H2,1H3. The number of nitrogens with two attached hydrogens (primary N) is 1. The second-order valence-corrected chi connectivity index (χ2v) is 3.48. The maximum Gasteiger partial charge on any atom is 0.126 e. The highest BCUT2D eigenvalue weighted by Crippen LogP contribution is 2.31. The van der Waals surface area contributed by atoms with Crippen molar-refractivity contribution in [2.45, 2.75) is 0 Å². The number of fused-ring (bicyclic) bond motifs is 1. The first-order valence-electron chi connectivity index (χ1n) is 4.24. The van der Waals surface area contributed by atoms with E-state index >= 15 is 0 Å². The topological polar surface area (TPSA) is 35.2 Å². The molecule has 0 spiro atoms. The molecule has 0 aliphatic carbocycles. The summed E-state index contributed by atoms with van der Waals surface area (Å²) in [5.74, 6) is 0.811. The van der Waals surface area contributed by atoms with E-state index in [1.165, 1.54) is 0 Å². The van der Waals surface area contributed by atoms with E-state index < -0.39 is 0 Å². The molecule has 0 bridgehead atoms. The third-order valence-electron chi connectivity index (χ3n) is 2.19. The lowest BCUT2D eigenvalue weighted by atomic mass is 10.1. The van der Waals surface area contributed by atoms with Gasteiger partial charge in [-0.25, -0.2) is 0 Å². The van der Waals surface area contributed by atoms with Crippen LogP contribution in [0.1, 0.15) is 0 Å². The Morgan fingerprint density at radius 1 is 1.14 bits per heavy atom. The summed E-state index contributed by atoms with van der Waals surface area (Å²) in [6, 6.07) is 9.25. The van der Waals surface area contributed by atoms with E-state index in [-0.39, 0.29) is 0 Å². The summed E-state index contributed by atoms with van der Waals surface area (Å²) in [4.78, 5) is 0. The fourth-order valence-electron chi connectivity index (χ4n) is 1.49. The highest BCUT2D eigenvalue weighted by molar-refractivity contribution is 6.31. The SMILES string of the molecule is COc1ccc(N)c2cc(Cl)ccc12. The number of ether oxygens (including phenoxy) is 1. The van der Waals surface area contributed by atoms with Gasteiger partial charge in [-0.2, -0.15) is 0 Å². The van der Waals surface area contributed by atoms with Gasteiger partial charge in [-0.15, -0.1) is 0 Å². The van der Waals surface area contributed by atoms with Crippen LogP contribution in [0.25, 0.3) is 10.8 Å². The molecule has 3 heteroatoms. The summed E-state index contributed by atoms with van der Waals surface area (Å²) < 4.78 is 5.22. The number of rotatable bonds is 1. The van der Waals surface area contributed by atoms with Crippen LogP contribution in [0.3, 0.4) is 0 Å². The van der Waals surface area contributed by atoms with Crippen molar-refractivity contribution in [3.05, 3.63) is 35.4 Å². The van der Waals surface area contributed by atoms with E-state index in [0.717, 1.165) is 16.5 Å². The van der Waals surface area contributed by atoms with Crippen LogP contribution in [-0.2, 0) is 0 Å². The minimum atomic E-state index is 0.678. The molecule has 2 aromatic rings. The van der Waals surface area contributed by atoms with Crippen LogP contribution in [0.2, 0.25) is 5.02 Å². The zero-order chi connectivity index (χ0) is 10.1. The van der Waals surface area contributed by atoms with Crippen LogP contribution in [0, 0.1) is 0 Å². The Bertz CT molecular complexity index is 482. The van der Waals surface area contributed by atoms with Crippen LogP contribution in [0.15, 0.2) is 30.3 Å². The predicted octanol–water partition coefficient (Wildman–Crippen LogP) is 3.08. The molecule has 2 rings (SSSR count). The normalized spacial score (nSPS) is 10.4. The fourth-order valence-corrected chi connectivity index (χ4v) is 1.67. The third-order valence-corrected chi connectivity index (χ3v) is 2.43. The van der Waals surface area contributed by atoms with Gasteiger partial charge >= 0.3 is 0 Å². The summed E-state index contributed by atoms with van der Waals surface area (Å²) in [6.45, 7) is 0. The number of methoxy groups -OCH3 is 1. The summed E-state index contributed by atoms with van der Waals surface area (Å²) >= 11 is 5.89. The van der Waals surface area contributed by atoms with Crippen LogP contribution >= 0.6 is 11.6 Å². The van der Waals surface area contributed by atoms with Crippen molar-refractivity contribution in [2.24, 2.45) is 0 Å². The van der Waals surface area contributed by atoms with Gasteiger partial charge in [0.25, 0.3) is 0 Å². The number of anilines is 1. The van der Waals surface area contributed by atoms with Crippen molar-refractivity contribution >= 4 is 28.1 Å². The number of hydrogen-bond donors (Lipinski definition) is 1. The first-order chi connectivity index (χ1) is 6.72. The van der Waals surface area contributed by atoms with Crippen molar-refractivity contribution < 1.29 is 4.74 Å². The van der Waals surface area contributed by atoms with Crippen molar-refractivity contribution in [3.8, 4) is 5.75 Å². The highest BCUT2D eigenvalue weighted by atomic mass is 35.5. The van der Waals surface area contributed by atoms with Gasteiger partial charge in [0.1, 0.15) is 5.75 Å². The number of halogens is 1. The van der Waals surface area contributed by atoms with Crippen LogP contribution in [0.4, 0.5) is 5.69 Å². The van der Waals surface area contributed by atoms with Gasteiger partial charge in [0.2, 0.25) is 0 Å². The van der Waals surface area contributed by atoms with Crippen molar-refractivity contribution in [1.82, 2.24) is 0 Å². The number of nitrogen functional groups attached to an aromatic ring is 1. The minimum absolute atomic E-state index is 0.678. The van der Waals surface area contributed by atoms with Gasteiger partial charge < -0.3 is 10.5 Å². The Morgan fingerprint density at radius 3 is 2.64 bits per heavy atom. The summed E-state index contributed by atoms with van der Waals surface area (Å²) in [6.07, 6.45) is 0. The second kappa shape index (κ2) is 3.39. The molecule has 72 valence electrons. The van der Waals surface area contributed by atoms with Crippen LogP contribution in [-0.4, -0.2) is 7.11 Å². The molecule has 0 aromatic heterocycles. The Balaban J connectivity index is 2.84. The van der Waals surface area contributed by atoms with E-state index in [9.17, 15) is 0 Å². The zero-order valence-electron chi connectivity index (χ0n) is 7.75. The molecule has 0 aliphatic rings. The van der Waals surface area contributed by atoms with E-state index in [2.05, 4.69) is 0 Å². The number of hydrogen-bond acceptors (Lipinski definition) is 2. The maximum absolute atomic E-state index is 5.89. The van der Waals surface area contributed by atoms with E-state index in [1.807, 2.05) is 30.3 Å². The zero-order valence-corrected chi connectivity index (χ0v) is 8.51. The summed E-state index contributed by atoms with van der Waals surface area (Å²) in [5, 5.41) is 2.59. The first kappa shape index (κ1) is 9.16. The molecular formula is C11H10ClNO. The molecular weight excluding hydrogens is 198 g/mol. The first-order valence-corrected chi connectivity index (χ1v) is 4.62. The van der Waals surface area contributed by atoms with Gasteiger partial charge in [-0.05, 0) is 30.3 Å². The van der Waals surface area contributed by atoms with Gasteiger partial charge in [-0.1, -0.05) is 11.6 Å². The van der Waals surface area contributed by atoms with Crippen molar-refractivity contribution in [2.75, 3.05) is 12.8 Å². The van der Waals surface area contributed by atoms with Crippen LogP contribution < -0.4 is 10.5 Å². The predicted molar refractivity (Wildman–Crippen MR) is 59.9 cm³/mol. The van der Waals surface area contributed by atoms with Gasteiger partial charge in [0.05, 0.1) is 7.11 Å². The van der Waals surface area contributed by atoms with Gasteiger partial charge in [0.15, 0.2) is 0 Å². The lowest BCUT2D eigenvalue weighted by molar-refractivity contribution is 0.420. The molecule has 0 radical (unpaired) electrons. The third kappa shape index (κ3) is 1.38. The molecule has 0 amide bonds. The van der Waals surface area contributed by atoms with Crippen molar-refractivity contribution in [3.63, 3.8) is 0 Å². The fraction of sp³-hybridized carbons (Fsp3) is 0.0909. The molecule has 0 heterocycles. The molecule has 14 heavy (non-hydrogen) atoms. The molecule has 0 aliphatic heterocycles. The smallest absolute Gasteiger partial charge is 0.126 e. The number of benzene rings is 2. The molecule has 0 atom stereocenters. The lowest BCUT2D eigenvalue weighted by Gasteiger charge is -2.07. The average molecular weight is 208 g/mol. The molecule has 0 fully saturated rings. The van der Waals surface area contributed by atoms with Gasteiger partial charge in [-0.3, -0.25) is 0 Å². The minimum Gasteiger partial charge on any atom is -0.496 e. The maximum atomic E-state index is 5.89. The lowest BCUT2D eigenvalue weighted by Crippen LogP contribution is -1.90.